The zero-order chi connectivity index (χ0) is 33.2. The van der Waals surface area contributed by atoms with Gasteiger partial charge in [-0.3, -0.25) is 0 Å². The maximum atomic E-state index is 5.66. The van der Waals surface area contributed by atoms with Crippen LogP contribution in [0.5, 0.6) is 0 Å². The normalized spacial score (nSPS) is 12.8. The van der Waals surface area contributed by atoms with Crippen molar-refractivity contribution in [1.29, 1.82) is 0 Å². The molecule has 8 nitrogen and oxygen atoms in total. The lowest BCUT2D eigenvalue weighted by atomic mass is 9.73. The maximum absolute atomic E-state index is 5.66. The summed E-state index contributed by atoms with van der Waals surface area (Å²) in [4.78, 5) is 9.60. The highest BCUT2D eigenvalue weighted by atomic mass is 16.5. The Labute approximate surface area is 272 Å². The number of nitrogens with zero attached hydrogens (tertiary/aromatic N) is 6. The van der Waals surface area contributed by atoms with Gasteiger partial charge in [0.15, 0.2) is 0 Å². The van der Waals surface area contributed by atoms with E-state index in [0.29, 0.717) is 11.8 Å². The van der Waals surface area contributed by atoms with E-state index in [0.717, 1.165) is 23.0 Å². The molecule has 0 radical (unpaired) electrons. The van der Waals surface area contributed by atoms with Crippen LogP contribution in [0.15, 0.2) is 108 Å². The Morgan fingerprint density at radius 3 is 1.26 bits per heavy atom. The summed E-state index contributed by atoms with van der Waals surface area (Å²) in [7, 11) is 11.3. The van der Waals surface area contributed by atoms with E-state index in [4.69, 9.17) is 19.5 Å². The van der Waals surface area contributed by atoms with Crippen molar-refractivity contribution in [3.8, 4) is 0 Å². The number of hydrogen-bond acceptors (Lipinski definition) is 4. The SMILES string of the molecule is CO/C(=N\c1ccc(C(C)(C)c2cccc(C(C)(C)c3ccc(/N=C(\OC)c4n(C)cc[n+]4C)cc3)c2)cc1)c1n(C)cc[n+]1C. The molecule has 0 fully saturated rings. The zero-order valence-corrected chi connectivity index (χ0v) is 28.7. The predicted octanol–water partition coefficient (Wildman–Crippen LogP) is 6.11. The summed E-state index contributed by atoms with van der Waals surface area (Å²) >= 11 is 0. The second-order valence-corrected chi connectivity index (χ2v) is 12.9. The molecule has 2 aromatic heterocycles. The van der Waals surface area contributed by atoms with Gasteiger partial charge in [-0.25, -0.2) is 28.3 Å². The zero-order valence-electron chi connectivity index (χ0n) is 28.7. The molecule has 0 spiro atoms. The summed E-state index contributed by atoms with van der Waals surface area (Å²) in [6.07, 6.45) is 7.94. The van der Waals surface area contributed by atoms with Crippen LogP contribution in [0.4, 0.5) is 11.4 Å². The standard InChI is InChI=1S/C38H46N6O2/c1-37(2,27-14-18-31(19-15-27)39-33(45-9)35-41(5)22-23-42(35)6)29-12-11-13-30(26-29)38(3,4)28-16-20-32(21-17-28)40-34(46-10)36-43(7)24-25-44(36)8/h11-26H,1-10H3/q+2/b39-33-,40-34-. The van der Waals surface area contributed by atoms with Gasteiger partial charge < -0.3 is 9.47 Å². The molecule has 0 unspecified atom stereocenters. The van der Waals surface area contributed by atoms with Crippen LogP contribution in [0.3, 0.4) is 0 Å². The molecule has 0 aliphatic rings. The minimum atomic E-state index is -0.217. The van der Waals surface area contributed by atoms with Gasteiger partial charge in [0, 0.05) is 10.8 Å². The minimum Gasteiger partial charge on any atom is -0.475 e. The molecule has 3 aromatic carbocycles. The van der Waals surface area contributed by atoms with Crippen molar-refractivity contribution in [2.45, 2.75) is 38.5 Å². The summed E-state index contributed by atoms with van der Waals surface area (Å²) in [6.45, 7) is 9.09. The third kappa shape index (κ3) is 6.25. The molecule has 46 heavy (non-hydrogen) atoms. The minimum absolute atomic E-state index is 0.217. The highest BCUT2D eigenvalue weighted by Gasteiger charge is 2.28. The Morgan fingerprint density at radius 1 is 0.587 bits per heavy atom. The summed E-state index contributed by atoms with van der Waals surface area (Å²) < 4.78 is 19.3. The second-order valence-electron chi connectivity index (χ2n) is 12.9. The number of benzene rings is 3. The van der Waals surface area contributed by atoms with Crippen molar-refractivity contribution in [3.63, 3.8) is 0 Å². The van der Waals surface area contributed by atoms with E-state index in [1.54, 1.807) is 14.2 Å². The Kier molecular flexibility index (Phi) is 9.01. The first-order valence-electron chi connectivity index (χ1n) is 15.5. The average molecular weight is 619 g/mol. The first kappa shape index (κ1) is 32.4. The molecule has 238 valence electrons. The summed E-state index contributed by atoms with van der Waals surface area (Å²) in [5, 5.41) is 0. The van der Waals surface area contributed by atoms with Crippen LogP contribution < -0.4 is 9.13 Å². The van der Waals surface area contributed by atoms with Crippen molar-refractivity contribution in [2.24, 2.45) is 38.2 Å². The quantitative estimate of drug-likeness (QED) is 0.120. The van der Waals surface area contributed by atoms with Crippen LogP contribution in [0.2, 0.25) is 0 Å². The molecular formula is C38H46N6O2+2. The molecule has 0 atom stereocenters. The molecular weight excluding hydrogens is 572 g/mol. The third-order valence-corrected chi connectivity index (χ3v) is 9.08. The summed E-state index contributed by atoms with van der Waals surface area (Å²) in [5.74, 6) is 2.94. The van der Waals surface area contributed by atoms with Crippen LogP contribution in [0.1, 0.15) is 61.6 Å². The van der Waals surface area contributed by atoms with E-state index < -0.39 is 0 Å². The molecule has 0 aliphatic heterocycles. The monoisotopic (exact) mass is 618 g/mol. The molecule has 0 N–H and O–H groups in total. The van der Waals surface area contributed by atoms with Crippen molar-refractivity contribution in [2.75, 3.05) is 14.2 Å². The van der Waals surface area contributed by atoms with E-state index in [1.165, 1.54) is 22.3 Å². The number of ether oxygens (including phenoxy) is 2. The van der Waals surface area contributed by atoms with E-state index >= 15 is 0 Å². The van der Waals surface area contributed by atoms with Crippen LogP contribution in [-0.2, 0) is 48.5 Å². The first-order chi connectivity index (χ1) is 21.9. The van der Waals surface area contributed by atoms with E-state index in [1.807, 2.05) is 71.2 Å². The molecule has 0 amide bonds. The number of aliphatic imine (C=N–C) groups is 2. The van der Waals surface area contributed by atoms with E-state index in [-0.39, 0.29) is 10.8 Å². The molecule has 2 heterocycles. The van der Waals surface area contributed by atoms with Gasteiger partial charge in [0.1, 0.15) is 24.8 Å². The number of imidazole rings is 2. The van der Waals surface area contributed by atoms with Gasteiger partial charge in [-0.1, -0.05) is 76.2 Å². The van der Waals surface area contributed by atoms with E-state index in [2.05, 4.69) is 100 Å². The molecule has 8 heteroatoms. The largest absolute Gasteiger partial charge is 0.475 e. The number of aryl methyl sites for hydroxylation is 4. The van der Waals surface area contributed by atoms with Crippen LogP contribution in [0.25, 0.3) is 0 Å². The van der Waals surface area contributed by atoms with Gasteiger partial charge >= 0.3 is 23.4 Å². The molecule has 0 saturated heterocycles. The fourth-order valence-corrected chi connectivity index (χ4v) is 5.93. The van der Waals surface area contributed by atoms with Gasteiger partial charge in [-0.2, -0.15) is 0 Å². The number of rotatable bonds is 8. The number of aromatic nitrogens is 4. The summed E-state index contributed by atoms with van der Waals surface area (Å²) in [5.41, 5.74) is 6.19. The lowest BCUT2D eigenvalue weighted by Crippen LogP contribution is -2.35. The van der Waals surface area contributed by atoms with Crippen molar-refractivity contribution >= 4 is 23.2 Å². The molecule has 0 bridgehead atoms. The lowest BCUT2D eigenvalue weighted by molar-refractivity contribution is -0.672. The summed E-state index contributed by atoms with van der Waals surface area (Å²) in [6, 6.07) is 25.8. The maximum Gasteiger partial charge on any atom is 0.344 e. The highest BCUT2D eigenvalue weighted by Crippen LogP contribution is 2.38. The van der Waals surface area contributed by atoms with Gasteiger partial charge in [0.2, 0.25) is 0 Å². The Bertz CT molecular complexity index is 1720. The molecule has 5 rings (SSSR count). The number of methoxy groups -OCH3 is 2. The Balaban J connectivity index is 1.39. The average Bonchev–Trinajstić information content (AvgIpc) is 3.57. The van der Waals surface area contributed by atoms with Crippen LogP contribution >= 0.6 is 0 Å². The van der Waals surface area contributed by atoms with Crippen LogP contribution in [-0.4, -0.2) is 35.1 Å². The molecule has 0 aliphatic carbocycles. The van der Waals surface area contributed by atoms with E-state index in [9.17, 15) is 0 Å². The van der Waals surface area contributed by atoms with Crippen molar-refractivity contribution in [1.82, 2.24) is 9.13 Å². The first-order valence-corrected chi connectivity index (χ1v) is 15.5. The van der Waals surface area contributed by atoms with Gasteiger partial charge in [-0.15, -0.1) is 0 Å². The second kappa shape index (κ2) is 12.8. The van der Waals surface area contributed by atoms with Crippen molar-refractivity contribution < 1.29 is 18.6 Å². The van der Waals surface area contributed by atoms with Gasteiger partial charge in [-0.05, 0) is 46.5 Å². The van der Waals surface area contributed by atoms with Crippen molar-refractivity contribution in [3.05, 3.63) is 131 Å². The molecule has 0 saturated carbocycles. The Hall–Kier alpha value is -4.98. The highest BCUT2D eigenvalue weighted by molar-refractivity contribution is 5.91. The topological polar surface area (TPSA) is 60.8 Å². The smallest absolute Gasteiger partial charge is 0.344 e. The fourth-order valence-electron chi connectivity index (χ4n) is 5.93. The van der Waals surface area contributed by atoms with Gasteiger partial charge in [0.05, 0.1) is 53.8 Å². The lowest BCUT2D eigenvalue weighted by Gasteiger charge is -2.31. The van der Waals surface area contributed by atoms with Crippen LogP contribution in [0, 0.1) is 0 Å². The molecule has 5 aromatic rings. The fraction of sp³-hybridized carbons (Fsp3) is 0.316. The Morgan fingerprint density at radius 2 is 0.957 bits per heavy atom. The third-order valence-electron chi connectivity index (χ3n) is 9.08. The predicted molar refractivity (Wildman–Crippen MR) is 183 cm³/mol. The number of hydrogen-bond donors (Lipinski definition) is 0. The van der Waals surface area contributed by atoms with Gasteiger partial charge in [0.25, 0.3) is 0 Å².